The molecule has 3 rings (SSSR count). The normalized spacial score (nSPS) is 11.6. The summed E-state index contributed by atoms with van der Waals surface area (Å²) in [5, 5.41) is 0. The molecule has 0 amide bonds. The molecular formula is C26H34N2O5S+2. The monoisotopic (exact) mass is 486 g/mol. The molecule has 0 N–H and O–H groups in total. The number of hydrogen-bond donors (Lipinski definition) is 0. The van der Waals surface area contributed by atoms with Gasteiger partial charge in [0.15, 0.2) is 37.9 Å². The van der Waals surface area contributed by atoms with Crippen LogP contribution in [-0.2, 0) is 36.9 Å². The molecule has 0 spiro atoms. The Hall–Kier alpha value is -2.65. The lowest BCUT2D eigenvalue weighted by molar-refractivity contribution is -0.698. The maximum Gasteiger partial charge on any atom is 0.297 e. The van der Waals surface area contributed by atoms with Crippen LogP contribution in [0.15, 0.2) is 78.2 Å². The van der Waals surface area contributed by atoms with Crippen LogP contribution >= 0.6 is 0 Å². The summed E-state index contributed by atoms with van der Waals surface area (Å²) >= 11 is 0. The fraction of sp³-hybridized carbons (Fsp3) is 0.385. The predicted molar refractivity (Wildman–Crippen MR) is 129 cm³/mol. The Bertz CT molecular complexity index is 1100. The van der Waals surface area contributed by atoms with Gasteiger partial charge in [0.25, 0.3) is 10.1 Å². The minimum Gasteiger partial charge on any atom is -0.375 e. The third-order valence-electron chi connectivity index (χ3n) is 5.23. The molecule has 0 aliphatic rings. The zero-order valence-electron chi connectivity index (χ0n) is 19.9. The number of pyridine rings is 2. The van der Waals surface area contributed by atoms with Gasteiger partial charge in [-0.1, -0.05) is 24.6 Å². The highest BCUT2D eigenvalue weighted by Crippen LogP contribution is 2.15. The predicted octanol–water partition coefficient (Wildman–Crippen LogP) is 3.09. The van der Waals surface area contributed by atoms with Gasteiger partial charge in [-0.25, -0.2) is 9.13 Å². The fourth-order valence-corrected chi connectivity index (χ4v) is 4.15. The van der Waals surface area contributed by atoms with Gasteiger partial charge in [-0.2, -0.15) is 8.42 Å². The molecule has 2 heterocycles. The largest absolute Gasteiger partial charge is 0.375 e. The van der Waals surface area contributed by atoms with E-state index in [2.05, 4.69) is 48.1 Å². The van der Waals surface area contributed by atoms with Gasteiger partial charge in [-0.05, 0) is 36.6 Å². The number of nitrogens with zero attached hydrogens (tertiary/aromatic N) is 2. The standard InChI is InChI=1S/C26H34N2O5S/c1-3-18-31-19-16-27-12-8-24(9-13-27)25-10-14-28(15-11-25)17-20-32-21-22-33-34(29,30)26-6-4-23(2)5-7-26/h4-15H,3,16-22H2,1-2H3/q+2. The van der Waals surface area contributed by atoms with Crippen molar-refractivity contribution < 1.29 is 31.2 Å². The quantitative estimate of drug-likeness (QED) is 0.199. The molecule has 2 aromatic heterocycles. The molecule has 0 fully saturated rings. The van der Waals surface area contributed by atoms with Crippen molar-refractivity contribution in [1.82, 2.24) is 0 Å². The summed E-state index contributed by atoms with van der Waals surface area (Å²) in [6.45, 7) is 7.70. The van der Waals surface area contributed by atoms with E-state index in [4.69, 9.17) is 13.7 Å². The highest BCUT2D eigenvalue weighted by Gasteiger charge is 2.14. The highest BCUT2D eigenvalue weighted by atomic mass is 32.2. The first-order chi connectivity index (χ1) is 16.5. The summed E-state index contributed by atoms with van der Waals surface area (Å²) in [6.07, 6.45) is 9.20. The number of ether oxygens (including phenoxy) is 2. The molecule has 0 bridgehead atoms. The third kappa shape index (κ3) is 8.29. The van der Waals surface area contributed by atoms with E-state index < -0.39 is 10.1 Å². The van der Waals surface area contributed by atoms with Crippen molar-refractivity contribution in [2.24, 2.45) is 0 Å². The molecular weight excluding hydrogens is 452 g/mol. The number of rotatable bonds is 14. The Morgan fingerprint density at radius 3 is 1.68 bits per heavy atom. The second kappa shape index (κ2) is 13.3. The van der Waals surface area contributed by atoms with Crippen molar-refractivity contribution in [3.05, 3.63) is 78.9 Å². The van der Waals surface area contributed by atoms with E-state index in [-0.39, 0.29) is 18.1 Å². The van der Waals surface area contributed by atoms with Crippen LogP contribution in [0.5, 0.6) is 0 Å². The SMILES string of the molecule is CCCOCC[n+]1ccc(-c2cc[n+](CCOCCOS(=O)(=O)c3ccc(C)cc3)cc2)cc1. The van der Waals surface area contributed by atoms with Crippen LogP contribution < -0.4 is 9.13 Å². The average molecular weight is 487 g/mol. The van der Waals surface area contributed by atoms with Gasteiger partial charge in [-0.15, -0.1) is 0 Å². The summed E-state index contributed by atoms with van der Waals surface area (Å²) in [5.41, 5.74) is 3.29. The van der Waals surface area contributed by atoms with E-state index in [1.54, 1.807) is 24.3 Å². The Morgan fingerprint density at radius 1 is 0.676 bits per heavy atom. The van der Waals surface area contributed by atoms with Gasteiger partial charge in [0.1, 0.15) is 13.2 Å². The number of aryl methyl sites for hydroxylation is 1. The van der Waals surface area contributed by atoms with Gasteiger partial charge < -0.3 is 9.47 Å². The first-order valence-corrected chi connectivity index (χ1v) is 13.0. The average Bonchev–Trinajstić information content (AvgIpc) is 2.85. The molecule has 0 aliphatic carbocycles. The second-order valence-corrected chi connectivity index (χ2v) is 9.58. The van der Waals surface area contributed by atoms with Crippen molar-refractivity contribution in [3.63, 3.8) is 0 Å². The summed E-state index contributed by atoms with van der Waals surface area (Å²) < 4.78 is 44.6. The molecule has 0 saturated heterocycles. The first kappa shape index (κ1) is 26.0. The Morgan fingerprint density at radius 2 is 1.18 bits per heavy atom. The molecule has 34 heavy (non-hydrogen) atoms. The van der Waals surface area contributed by atoms with Crippen LogP contribution in [0.3, 0.4) is 0 Å². The maximum absolute atomic E-state index is 12.1. The number of benzene rings is 1. The van der Waals surface area contributed by atoms with E-state index in [1.165, 1.54) is 0 Å². The van der Waals surface area contributed by atoms with Gasteiger partial charge >= 0.3 is 0 Å². The first-order valence-electron chi connectivity index (χ1n) is 11.6. The van der Waals surface area contributed by atoms with Gasteiger partial charge in [0, 0.05) is 30.9 Å². The molecule has 0 aliphatic heterocycles. The van der Waals surface area contributed by atoms with E-state index >= 15 is 0 Å². The zero-order valence-corrected chi connectivity index (χ0v) is 20.7. The van der Waals surface area contributed by atoms with Gasteiger partial charge in [0.2, 0.25) is 0 Å². The third-order valence-corrected chi connectivity index (χ3v) is 6.55. The van der Waals surface area contributed by atoms with Gasteiger partial charge in [-0.3, -0.25) is 4.18 Å². The van der Waals surface area contributed by atoms with Crippen molar-refractivity contribution in [2.75, 3.05) is 33.0 Å². The second-order valence-electron chi connectivity index (χ2n) is 7.96. The molecule has 0 saturated carbocycles. The Labute approximate surface area is 202 Å². The lowest BCUT2D eigenvalue weighted by Crippen LogP contribution is -2.35. The van der Waals surface area contributed by atoms with Crippen molar-refractivity contribution >= 4 is 10.1 Å². The van der Waals surface area contributed by atoms with Crippen LogP contribution in [0, 0.1) is 6.92 Å². The lowest BCUT2D eigenvalue weighted by atomic mass is 10.1. The van der Waals surface area contributed by atoms with Crippen molar-refractivity contribution in [1.29, 1.82) is 0 Å². The lowest BCUT2D eigenvalue weighted by Gasteiger charge is -2.06. The van der Waals surface area contributed by atoms with Gasteiger partial charge in [0.05, 0.1) is 18.1 Å². The topological polar surface area (TPSA) is 69.6 Å². The van der Waals surface area contributed by atoms with Crippen LogP contribution in [0.2, 0.25) is 0 Å². The minimum absolute atomic E-state index is 0.0153. The Balaban J connectivity index is 1.37. The smallest absolute Gasteiger partial charge is 0.297 e. The molecule has 0 radical (unpaired) electrons. The molecule has 1 aromatic carbocycles. The summed E-state index contributed by atoms with van der Waals surface area (Å²) in [4.78, 5) is 0.156. The van der Waals surface area contributed by atoms with E-state index in [9.17, 15) is 8.42 Å². The van der Waals surface area contributed by atoms with Crippen LogP contribution in [0.4, 0.5) is 0 Å². The summed E-state index contributed by atoms with van der Waals surface area (Å²) in [5.74, 6) is 0. The number of aromatic nitrogens is 2. The molecule has 0 unspecified atom stereocenters. The van der Waals surface area contributed by atoms with E-state index in [1.807, 2.05) is 23.9 Å². The van der Waals surface area contributed by atoms with Crippen LogP contribution in [0.25, 0.3) is 11.1 Å². The Kier molecular flexibility index (Phi) is 10.2. The number of hydrogen-bond acceptors (Lipinski definition) is 5. The van der Waals surface area contributed by atoms with Crippen molar-refractivity contribution in [2.45, 2.75) is 38.3 Å². The molecule has 182 valence electrons. The molecule has 0 atom stereocenters. The van der Waals surface area contributed by atoms with E-state index in [0.717, 1.165) is 42.9 Å². The summed E-state index contributed by atoms with van der Waals surface area (Å²) in [6, 6.07) is 14.9. The molecule has 7 nitrogen and oxygen atoms in total. The van der Waals surface area contributed by atoms with E-state index in [0.29, 0.717) is 13.2 Å². The molecule has 3 aromatic rings. The maximum atomic E-state index is 12.1. The van der Waals surface area contributed by atoms with Crippen molar-refractivity contribution in [3.8, 4) is 11.1 Å². The fourth-order valence-electron chi connectivity index (χ4n) is 3.26. The highest BCUT2D eigenvalue weighted by molar-refractivity contribution is 7.86. The minimum atomic E-state index is -3.75. The zero-order chi connectivity index (χ0) is 24.2. The van der Waals surface area contributed by atoms with Crippen LogP contribution in [0.1, 0.15) is 18.9 Å². The van der Waals surface area contributed by atoms with Crippen LogP contribution in [-0.4, -0.2) is 41.5 Å². The molecule has 8 heteroatoms. The summed E-state index contributed by atoms with van der Waals surface area (Å²) in [7, 11) is -3.75.